The minimum atomic E-state index is -5.58. The van der Waals surface area contributed by atoms with Gasteiger partial charge in [-0.3, -0.25) is 4.90 Å². The number of rotatable bonds is 8. The van der Waals surface area contributed by atoms with Gasteiger partial charge >= 0.3 is 12.1 Å². The van der Waals surface area contributed by atoms with Crippen LogP contribution in [0.25, 0.3) is 0 Å². The summed E-state index contributed by atoms with van der Waals surface area (Å²) >= 11 is 0. The third-order valence-corrected chi connectivity index (χ3v) is 6.59. The highest BCUT2D eigenvalue weighted by Crippen LogP contribution is 2.37. The van der Waals surface area contributed by atoms with E-state index in [1.807, 2.05) is 6.92 Å². The van der Waals surface area contributed by atoms with E-state index < -0.39 is 45.0 Å². The van der Waals surface area contributed by atoms with Gasteiger partial charge in [-0.25, -0.2) is 17.2 Å². The first-order valence-corrected chi connectivity index (χ1v) is 11.5. The molecule has 1 saturated heterocycles. The summed E-state index contributed by atoms with van der Waals surface area (Å²) < 4.78 is 119. The van der Waals surface area contributed by atoms with E-state index in [0.29, 0.717) is 25.5 Å². The minimum absolute atomic E-state index is 0.0373. The molecule has 4 nitrogen and oxygen atoms in total. The molecule has 0 unspecified atom stereocenters. The van der Waals surface area contributed by atoms with Crippen LogP contribution in [0.2, 0.25) is 0 Å². The van der Waals surface area contributed by atoms with Gasteiger partial charge < -0.3 is 4.74 Å². The first kappa shape index (κ1) is 25.7. The Morgan fingerprint density at radius 2 is 1.61 bits per heavy atom. The van der Waals surface area contributed by atoms with Crippen LogP contribution in [0.5, 0.6) is 5.75 Å². The van der Waals surface area contributed by atoms with Crippen LogP contribution in [-0.2, 0) is 9.84 Å². The van der Waals surface area contributed by atoms with Gasteiger partial charge in [0.1, 0.15) is 22.3 Å². The largest absolute Gasteiger partial charge is 0.493 e. The summed E-state index contributed by atoms with van der Waals surface area (Å²) in [5.41, 5.74) is 0. The standard InChI is InChI=1S/C19H24F7NO3S/c1-12(13-3-6-27(7-4-13)11-18(22,23)19(24,25)26)5-8-30-14-9-15(20)17(16(21)10-14)31(2,28)29/h9-10,12-13H,3-8,11H2,1-2H3/t12-/m1/s1. The zero-order valence-corrected chi connectivity index (χ0v) is 17.8. The maximum atomic E-state index is 13.9. The number of hydrogen-bond acceptors (Lipinski definition) is 4. The van der Waals surface area contributed by atoms with Crippen LogP contribution in [0.1, 0.15) is 26.2 Å². The number of hydrogen-bond donors (Lipinski definition) is 0. The molecule has 1 aliphatic rings. The average molecular weight is 479 g/mol. The first-order chi connectivity index (χ1) is 14.1. The van der Waals surface area contributed by atoms with E-state index in [0.717, 1.165) is 17.0 Å². The summed E-state index contributed by atoms with van der Waals surface area (Å²) in [4.78, 5) is 0.0679. The van der Waals surface area contributed by atoms with Crippen LogP contribution < -0.4 is 4.74 Å². The lowest BCUT2D eigenvalue weighted by Gasteiger charge is -2.36. The molecule has 0 spiro atoms. The molecule has 31 heavy (non-hydrogen) atoms. The van der Waals surface area contributed by atoms with E-state index >= 15 is 0 Å². The van der Waals surface area contributed by atoms with E-state index in [4.69, 9.17) is 4.74 Å². The second-order valence-electron chi connectivity index (χ2n) is 7.92. The Morgan fingerprint density at radius 1 is 1.10 bits per heavy atom. The number of benzene rings is 1. The SMILES string of the molecule is C[C@H](CCOc1cc(F)c(S(C)(=O)=O)c(F)c1)C1CCN(CC(F)(F)C(F)(F)F)CC1. The molecule has 0 aliphatic carbocycles. The molecule has 1 atom stereocenters. The van der Waals surface area contributed by atoms with Crippen molar-refractivity contribution >= 4 is 9.84 Å². The van der Waals surface area contributed by atoms with Gasteiger partial charge in [0, 0.05) is 18.4 Å². The fraction of sp³-hybridized carbons (Fsp3) is 0.684. The second-order valence-corrected chi connectivity index (χ2v) is 9.87. The molecule has 0 saturated carbocycles. The van der Waals surface area contributed by atoms with Crippen molar-refractivity contribution in [1.29, 1.82) is 0 Å². The highest BCUT2D eigenvalue weighted by molar-refractivity contribution is 7.90. The van der Waals surface area contributed by atoms with Crippen molar-refractivity contribution in [2.75, 3.05) is 32.5 Å². The van der Waals surface area contributed by atoms with E-state index in [1.54, 1.807) is 0 Å². The van der Waals surface area contributed by atoms with Gasteiger partial charge in [-0.15, -0.1) is 0 Å². The summed E-state index contributed by atoms with van der Waals surface area (Å²) in [6.45, 7) is 0.823. The molecule has 178 valence electrons. The monoisotopic (exact) mass is 479 g/mol. The van der Waals surface area contributed by atoms with Crippen molar-refractivity contribution in [1.82, 2.24) is 4.90 Å². The van der Waals surface area contributed by atoms with Crippen molar-refractivity contribution in [2.45, 2.75) is 43.2 Å². The minimum Gasteiger partial charge on any atom is -0.493 e. The molecule has 1 heterocycles. The maximum Gasteiger partial charge on any atom is 0.454 e. The molecule has 1 aliphatic heterocycles. The number of sulfone groups is 1. The van der Waals surface area contributed by atoms with Crippen molar-refractivity contribution in [2.24, 2.45) is 11.8 Å². The molecule has 12 heteroatoms. The van der Waals surface area contributed by atoms with Crippen LogP contribution in [0.15, 0.2) is 17.0 Å². The fourth-order valence-corrected chi connectivity index (χ4v) is 4.45. The van der Waals surface area contributed by atoms with Gasteiger partial charge in [-0.1, -0.05) is 6.92 Å². The number of likely N-dealkylation sites (tertiary alicyclic amines) is 1. The number of piperidine rings is 1. The Bertz CT molecular complexity index is 843. The summed E-state index contributed by atoms with van der Waals surface area (Å²) in [6.07, 6.45) is -3.54. The first-order valence-electron chi connectivity index (χ1n) is 9.60. The van der Waals surface area contributed by atoms with E-state index in [-0.39, 0.29) is 37.3 Å². The lowest BCUT2D eigenvalue weighted by molar-refractivity contribution is -0.287. The van der Waals surface area contributed by atoms with Crippen LogP contribution in [0.4, 0.5) is 30.7 Å². The van der Waals surface area contributed by atoms with Crippen LogP contribution >= 0.6 is 0 Å². The summed E-state index contributed by atoms with van der Waals surface area (Å²) in [7, 11) is -4.07. The number of alkyl halides is 5. The normalized spacial score (nSPS) is 18.2. The van der Waals surface area contributed by atoms with Crippen molar-refractivity contribution in [3.63, 3.8) is 0 Å². The Labute approximate surface area is 176 Å². The molecule has 1 aromatic rings. The fourth-order valence-electron chi connectivity index (χ4n) is 3.62. The van der Waals surface area contributed by atoms with Crippen LogP contribution in [0, 0.1) is 23.5 Å². The quantitative estimate of drug-likeness (QED) is 0.508. The lowest BCUT2D eigenvalue weighted by atomic mass is 9.83. The van der Waals surface area contributed by atoms with Crippen LogP contribution in [0.3, 0.4) is 0 Å². The number of nitrogens with zero attached hydrogens (tertiary/aromatic N) is 1. The van der Waals surface area contributed by atoms with Gasteiger partial charge in [-0.05, 0) is 44.2 Å². The zero-order chi connectivity index (χ0) is 23.6. The number of halogens is 7. The zero-order valence-electron chi connectivity index (χ0n) is 17.0. The Hall–Kier alpha value is -1.56. The molecule has 0 N–H and O–H groups in total. The highest BCUT2D eigenvalue weighted by atomic mass is 32.2. The van der Waals surface area contributed by atoms with Gasteiger partial charge in [-0.2, -0.15) is 22.0 Å². The van der Waals surface area contributed by atoms with E-state index in [9.17, 15) is 39.2 Å². The molecular weight excluding hydrogens is 455 g/mol. The topological polar surface area (TPSA) is 46.6 Å². The molecule has 1 aromatic carbocycles. The van der Waals surface area contributed by atoms with E-state index in [2.05, 4.69) is 0 Å². The molecule has 0 radical (unpaired) electrons. The smallest absolute Gasteiger partial charge is 0.454 e. The predicted octanol–water partition coefficient (Wildman–Crippen LogP) is 4.68. The molecule has 0 amide bonds. The lowest BCUT2D eigenvalue weighted by Crippen LogP contribution is -2.49. The third-order valence-electron chi connectivity index (χ3n) is 5.46. The average Bonchev–Trinajstić information content (AvgIpc) is 2.59. The maximum absolute atomic E-state index is 13.9. The van der Waals surface area contributed by atoms with Crippen molar-refractivity contribution in [3.05, 3.63) is 23.8 Å². The Balaban J connectivity index is 1.82. The van der Waals surface area contributed by atoms with Crippen LogP contribution in [-0.4, -0.2) is 57.9 Å². The summed E-state index contributed by atoms with van der Waals surface area (Å²) in [5, 5.41) is 0. The van der Waals surface area contributed by atoms with Gasteiger partial charge in [0.25, 0.3) is 0 Å². The molecular formula is C19H24F7NO3S. The molecule has 1 fully saturated rings. The van der Waals surface area contributed by atoms with Crippen molar-refractivity contribution in [3.8, 4) is 5.75 Å². The molecule has 0 bridgehead atoms. The van der Waals surface area contributed by atoms with Crippen molar-refractivity contribution < 1.29 is 43.9 Å². The third kappa shape index (κ3) is 6.71. The highest BCUT2D eigenvalue weighted by Gasteiger charge is 2.58. The van der Waals surface area contributed by atoms with Gasteiger partial charge in [0.05, 0.1) is 13.2 Å². The second kappa shape index (κ2) is 9.51. The number of ether oxygens (including phenoxy) is 1. The Morgan fingerprint density at radius 3 is 2.06 bits per heavy atom. The molecule has 0 aromatic heterocycles. The molecule has 2 rings (SSSR count). The van der Waals surface area contributed by atoms with Gasteiger partial charge in [0.2, 0.25) is 0 Å². The van der Waals surface area contributed by atoms with Gasteiger partial charge in [0.15, 0.2) is 9.84 Å². The van der Waals surface area contributed by atoms with E-state index in [1.165, 1.54) is 0 Å². The Kier molecular flexibility index (Phi) is 7.89. The predicted molar refractivity (Wildman–Crippen MR) is 98.9 cm³/mol. The summed E-state index contributed by atoms with van der Waals surface area (Å²) in [5.74, 6) is -7.31. The summed E-state index contributed by atoms with van der Waals surface area (Å²) in [6, 6.07) is 1.56.